The van der Waals surface area contributed by atoms with Crippen molar-refractivity contribution in [1.29, 1.82) is 0 Å². The highest BCUT2D eigenvalue weighted by molar-refractivity contribution is 8.00. The zero-order valence-corrected chi connectivity index (χ0v) is 16.9. The lowest BCUT2D eigenvalue weighted by Crippen LogP contribution is -2.18. The van der Waals surface area contributed by atoms with Crippen molar-refractivity contribution >= 4 is 39.2 Å². The molecule has 1 aromatic heterocycles. The second-order valence-electron chi connectivity index (χ2n) is 6.25. The molecule has 8 heteroatoms. The van der Waals surface area contributed by atoms with Crippen LogP contribution in [-0.2, 0) is 11.3 Å². The fraction of sp³-hybridized carbons (Fsp3) is 0.300. The summed E-state index contributed by atoms with van der Waals surface area (Å²) in [7, 11) is 0. The fourth-order valence-corrected chi connectivity index (χ4v) is 4.71. The van der Waals surface area contributed by atoms with Crippen LogP contribution in [0.15, 0.2) is 46.3 Å². The maximum Gasteiger partial charge on any atom is 0.258 e. The zero-order chi connectivity index (χ0) is 19.5. The SMILES string of the molecule is CCCn1c(=NC(=O)CSc2ccc(F)cc2)sc2cc3c(cc21)OCCO3. The second kappa shape index (κ2) is 8.36. The molecule has 0 spiro atoms. The third-order valence-corrected chi connectivity index (χ3v) is 6.23. The highest BCUT2D eigenvalue weighted by atomic mass is 32.2. The Hall–Kier alpha value is -2.32. The van der Waals surface area contributed by atoms with Gasteiger partial charge in [0, 0.05) is 23.6 Å². The molecule has 2 aromatic carbocycles. The molecule has 2 heterocycles. The number of carbonyl (C=O) groups excluding carboxylic acids is 1. The van der Waals surface area contributed by atoms with Gasteiger partial charge in [-0.3, -0.25) is 4.79 Å². The zero-order valence-electron chi connectivity index (χ0n) is 15.3. The Morgan fingerprint density at radius 2 is 1.93 bits per heavy atom. The summed E-state index contributed by atoms with van der Waals surface area (Å²) in [6, 6.07) is 10.0. The monoisotopic (exact) mass is 418 g/mol. The topological polar surface area (TPSA) is 52.8 Å². The number of ether oxygens (including phenoxy) is 2. The van der Waals surface area contributed by atoms with Gasteiger partial charge in [0.1, 0.15) is 19.0 Å². The predicted molar refractivity (Wildman–Crippen MR) is 109 cm³/mol. The van der Waals surface area contributed by atoms with E-state index in [1.807, 2.05) is 12.1 Å². The molecule has 1 aliphatic heterocycles. The van der Waals surface area contributed by atoms with Crippen LogP contribution in [0, 0.1) is 5.82 Å². The summed E-state index contributed by atoms with van der Waals surface area (Å²) in [6.45, 7) is 3.92. The smallest absolute Gasteiger partial charge is 0.258 e. The van der Waals surface area contributed by atoms with Crippen molar-refractivity contribution in [2.75, 3.05) is 19.0 Å². The number of thioether (sulfide) groups is 1. The van der Waals surface area contributed by atoms with E-state index < -0.39 is 0 Å². The average Bonchev–Trinajstić information content (AvgIpc) is 3.02. The van der Waals surface area contributed by atoms with Gasteiger partial charge in [0.05, 0.1) is 16.0 Å². The number of benzene rings is 2. The Bertz CT molecular complexity index is 1070. The van der Waals surface area contributed by atoms with Crippen LogP contribution in [0.2, 0.25) is 0 Å². The van der Waals surface area contributed by atoms with Gasteiger partial charge in [-0.15, -0.1) is 11.8 Å². The first-order valence-electron chi connectivity index (χ1n) is 9.03. The third-order valence-electron chi connectivity index (χ3n) is 4.19. The largest absolute Gasteiger partial charge is 0.486 e. The number of aromatic nitrogens is 1. The molecule has 0 fully saturated rings. The van der Waals surface area contributed by atoms with E-state index in [0.717, 1.165) is 39.6 Å². The molecule has 3 aromatic rings. The van der Waals surface area contributed by atoms with Crippen molar-refractivity contribution in [2.24, 2.45) is 4.99 Å². The molecule has 0 N–H and O–H groups in total. The van der Waals surface area contributed by atoms with Gasteiger partial charge in [-0.05, 0) is 30.7 Å². The van der Waals surface area contributed by atoms with Gasteiger partial charge in [-0.25, -0.2) is 4.39 Å². The Balaban J connectivity index is 1.63. The van der Waals surface area contributed by atoms with Crippen molar-refractivity contribution in [3.8, 4) is 11.5 Å². The number of nitrogens with zero attached hydrogens (tertiary/aromatic N) is 2. The highest BCUT2D eigenvalue weighted by Gasteiger charge is 2.16. The van der Waals surface area contributed by atoms with Crippen LogP contribution in [0.5, 0.6) is 11.5 Å². The summed E-state index contributed by atoms with van der Waals surface area (Å²) in [6.07, 6.45) is 0.923. The molecular formula is C20H19FN2O3S2. The summed E-state index contributed by atoms with van der Waals surface area (Å²) in [4.78, 5) is 18.3. The summed E-state index contributed by atoms with van der Waals surface area (Å²) in [5, 5.41) is 0. The molecule has 0 saturated heterocycles. The Kier molecular flexibility index (Phi) is 5.68. The predicted octanol–water partition coefficient (Wildman–Crippen LogP) is 4.24. The van der Waals surface area contributed by atoms with Crippen LogP contribution in [-0.4, -0.2) is 29.4 Å². The van der Waals surface area contributed by atoms with Gasteiger partial charge in [0.15, 0.2) is 16.3 Å². The van der Waals surface area contributed by atoms with Crippen molar-refractivity contribution in [3.63, 3.8) is 0 Å². The van der Waals surface area contributed by atoms with Crippen LogP contribution < -0.4 is 14.3 Å². The molecule has 4 rings (SSSR count). The van der Waals surface area contributed by atoms with Gasteiger partial charge in [-0.2, -0.15) is 4.99 Å². The Morgan fingerprint density at radius 1 is 1.21 bits per heavy atom. The minimum atomic E-state index is -0.290. The maximum atomic E-state index is 13.0. The number of hydrogen-bond acceptors (Lipinski definition) is 5. The standard InChI is InChI=1S/C20H19FN2O3S2/c1-2-7-23-15-10-16-17(26-9-8-25-16)11-18(15)28-20(23)22-19(24)12-27-14-5-3-13(21)4-6-14/h3-6,10-11H,2,7-9,12H2,1H3. The summed E-state index contributed by atoms with van der Waals surface area (Å²) in [5.74, 6) is 1.15. The number of fused-ring (bicyclic) bond motifs is 2. The van der Waals surface area contributed by atoms with E-state index in [4.69, 9.17) is 9.47 Å². The van der Waals surface area contributed by atoms with Crippen LogP contribution >= 0.6 is 23.1 Å². The van der Waals surface area contributed by atoms with Gasteiger partial charge in [-0.1, -0.05) is 18.3 Å². The van der Waals surface area contributed by atoms with Crippen LogP contribution in [0.25, 0.3) is 10.2 Å². The quantitative estimate of drug-likeness (QED) is 0.582. The first-order chi connectivity index (χ1) is 13.6. The Morgan fingerprint density at radius 3 is 2.64 bits per heavy atom. The number of amides is 1. The van der Waals surface area contributed by atoms with Gasteiger partial charge < -0.3 is 14.0 Å². The van der Waals surface area contributed by atoms with Gasteiger partial charge >= 0.3 is 0 Å². The molecule has 0 radical (unpaired) electrons. The van der Waals surface area contributed by atoms with E-state index in [-0.39, 0.29) is 17.5 Å². The highest BCUT2D eigenvalue weighted by Crippen LogP contribution is 2.35. The second-order valence-corrected chi connectivity index (χ2v) is 8.31. The van der Waals surface area contributed by atoms with Crippen LogP contribution in [0.4, 0.5) is 4.39 Å². The normalized spacial score (nSPS) is 13.9. The molecule has 0 saturated carbocycles. The molecule has 1 aliphatic rings. The number of hydrogen-bond donors (Lipinski definition) is 0. The van der Waals surface area contributed by atoms with E-state index >= 15 is 0 Å². The lowest BCUT2D eigenvalue weighted by Gasteiger charge is -2.18. The number of thiazole rings is 1. The first kappa shape index (κ1) is 19.0. The van der Waals surface area contributed by atoms with E-state index in [2.05, 4.69) is 16.5 Å². The molecule has 0 atom stereocenters. The number of rotatable bonds is 5. The summed E-state index contributed by atoms with van der Waals surface area (Å²) in [5.41, 5.74) is 0.994. The fourth-order valence-electron chi connectivity index (χ4n) is 2.95. The maximum absolute atomic E-state index is 13.0. The molecule has 28 heavy (non-hydrogen) atoms. The lowest BCUT2D eigenvalue weighted by molar-refractivity contribution is -0.115. The minimum absolute atomic E-state index is 0.203. The van der Waals surface area contributed by atoms with E-state index in [1.54, 1.807) is 12.1 Å². The minimum Gasteiger partial charge on any atom is -0.486 e. The summed E-state index contributed by atoms with van der Waals surface area (Å²) < 4.78 is 27.4. The molecular weight excluding hydrogens is 399 g/mol. The molecule has 1 amide bonds. The van der Waals surface area contributed by atoms with E-state index in [0.29, 0.717) is 18.0 Å². The van der Waals surface area contributed by atoms with Crippen molar-refractivity contribution in [3.05, 3.63) is 47.0 Å². The molecule has 146 valence electrons. The average molecular weight is 419 g/mol. The van der Waals surface area contributed by atoms with Crippen molar-refractivity contribution in [2.45, 2.75) is 24.8 Å². The molecule has 0 bridgehead atoms. The number of halogens is 1. The Labute approximate surface area is 169 Å². The number of aryl methyl sites for hydroxylation is 1. The van der Waals surface area contributed by atoms with Crippen LogP contribution in [0.1, 0.15) is 13.3 Å². The molecule has 0 aliphatic carbocycles. The first-order valence-corrected chi connectivity index (χ1v) is 10.8. The number of carbonyl (C=O) groups is 1. The molecule has 5 nitrogen and oxygen atoms in total. The summed E-state index contributed by atoms with van der Waals surface area (Å²) >= 11 is 2.82. The molecule has 0 unspecified atom stereocenters. The third kappa shape index (κ3) is 4.07. The van der Waals surface area contributed by atoms with Gasteiger partial charge in [0.25, 0.3) is 5.91 Å². The van der Waals surface area contributed by atoms with Gasteiger partial charge in [0.2, 0.25) is 0 Å². The van der Waals surface area contributed by atoms with Crippen molar-refractivity contribution < 1.29 is 18.7 Å². The lowest BCUT2D eigenvalue weighted by atomic mass is 10.2. The van der Waals surface area contributed by atoms with Crippen molar-refractivity contribution in [1.82, 2.24) is 4.57 Å². The van der Waals surface area contributed by atoms with E-state index in [1.165, 1.54) is 35.2 Å². The van der Waals surface area contributed by atoms with Crippen LogP contribution in [0.3, 0.4) is 0 Å². The van der Waals surface area contributed by atoms with E-state index in [9.17, 15) is 9.18 Å².